The van der Waals surface area contributed by atoms with Crippen molar-refractivity contribution >= 4 is 5.96 Å². The van der Waals surface area contributed by atoms with E-state index in [1.54, 1.807) is 18.1 Å². The van der Waals surface area contributed by atoms with Crippen molar-refractivity contribution in [3.8, 4) is 5.75 Å². The number of nitrogens with zero attached hydrogens (tertiary/aromatic N) is 4. The Balaban J connectivity index is 1.92. The summed E-state index contributed by atoms with van der Waals surface area (Å²) in [5.41, 5.74) is 1.11. The molecule has 0 aliphatic rings. The van der Waals surface area contributed by atoms with Gasteiger partial charge < -0.3 is 20.1 Å². The van der Waals surface area contributed by atoms with Crippen LogP contribution in [0.3, 0.4) is 0 Å². The zero-order chi connectivity index (χ0) is 18.6. The van der Waals surface area contributed by atoms with Gasteiger partial charge in [0.15, 0.2) is 5.96 Å². The van der Waals surface area contributed by atoms with Crippen LogP contribution in [0.25, 0.3) is 0 Å². The highest BCUT2D eigenvalue weighted by Gasteiger charge is 2.03. The first-order valence-electron chi connectivity index (χ1n) is 8.78. The SMILES string of the molecule is CCOCCCNC(=NCc1ccc(OC)cc1)NCc1ncnn1C. The molecule has 0 amide bonds. The molecule has 0 aliphatic carbocycles. The minimum atomic E-state index is 0.552. The number of ether oxygens (including phenoxy) is 2. The lowest BCUT2D eigenvalue weighted by Crippen LogP contribution is -2.38. The molecule has 0 bridgehead atoms. The predicted octanol–water partition coefficient (Wildman–Crippen LogP) is 1.49. The minimum absolute atomic E-state index is 0.552. The molecule has 2 rings (SSSR count). The highest BCUT2D eigenvalue weighted by atomic mass is 16.5. The molecule has 142 valence electrons. The topological polar surface area (TPSA) is 85.6 Å². The first-order valence-corrected chi connectivity index (χ1v) is 8.78. The molecule has 0 saturated heterocycles. The zero-order valence-electron chi connectivity index (χ0n) is 15.7. The third-order valence-corrected chi connectivity index (χ3v) is 3.76. The third-order valence-electron chi connectivity index (χ3n) is 3.76. The molecule has 2 aromatic rings. The van der Waals surface area contributed by atoms with Crippen molar-refractivity contribution in [1.82, 2.24) is 25.4 Å². The predicted molar refractivity (Wildman–Crippen MR) is 101 cm³/mol. The van der Waals surface area contributed by atoms with Gasteiger partial charge in [0.1, 0.15) is 17.9 Å². The maximum absolute atomic E-state index is 5.37. The normalized spacial score (nSPS) is 11.4. The Morgan fingerprint density at radius 2 is 2.04 bits per heavy atom. The van der Waals surface area contributed by atoms with Gasteiger partial charge in [-0.1, -0.05) is 12.1 Å². The van der Waals surface area contributed by atoms with E-state index in [1.165, 1.54) is 0 Å². The fraction of sp³-hybridized carbons (Fsp3) is 0.500. The molecule has 8 nitrogen and oxygen atoms in total. The van der Waals surface area contributed by atoms with E-state index in [0.29, 0.717) is 13.1 Å². The molecule has 0 spiro atoms. The average Bonchev–Trinajstić information content (AvgIpc) is 3.08. The molecule has 1 aromatic carbocycles. The molecular weight excluding hydrogens is 332 g/mol. The van der Waals surface area contributed by atoms with Crippen LogP contribution in [0.5, 0.6) is 5.75 Å². The summed E-state index contributed by atoms with van der Waals surface area (Å²) in [5.74, 6) is 2.42. The van der Waals surface area contributed by atoms with E-state index < -0.39 is 0 Å². The maximum Gasteiger partial charge on any atom is 0.191 e. The fourth-order valence-corrected chi connectivity index (χ4v) is 2.24. The van der Waals surface area contributed by atoms with Gasteiger partial charge in [-0.2, -0.15) is 5.10 Å². The molecule has 26 heavy (non-hydrogen) atoms. The Kier molecular flexibility index (Phi) is 8.41. The molecule has 0 saturated carbocycles. The second-order valence-corrected chi connectivity index (χ2v) is 5.64. The fourth-order valence-electron chi connectivity index (χ4n) is 2.24. The molecule has 8 heteroatoms. The first-order chi connectivity index (χ1) is 12.7. The number of guanidine groups is 1. The molecule has 0 radical (unpaired) electrons. The first kappa shape index (κ1) is 19.7. The van der Waals surface area contributed by atoms with Crippen molar-refractivity contribution in [2.24, 2.45) is 12.0 Å². The number of aromatic nitrogens is 3. The summed E-state index contributed by atoms with van der Waals surface area (Å²) in [7, 11) is 3.53. The highest BCUT2D eigenvalue weighted by Crippen LogP contribution is 2.11. The lowest BCUT2D eigenvalue weighted by atomic mass is 10.2. The summed E-state index contributed by atoms with van der Waals surface area (Å²) < 4.78 is 12.3. The van der Waals surface area contributed by atoms with E-state index in [0.717, 1.165) is 49.3 Å². The molecule has 0 unspecified atom stereocenters. The van der Waals surface area contributed by atoms with Gasteiger partial charge in [0.2, 0.25) is 0 Å². The van der Waals surface area contributed by atoms with E-state index in [-0.39, 0.29) is 0 Å². The van der Waals surface area contributed by atoms with Crippen LogP contribution in [0.2, 0.25) is 0 Å². The minimum Gasteiger partial charge on any atom is -0.497 e. The van der Waals surface area contributed by atoms with E-state index in [1.807, 2.05) is 38.2 Å². The van der Waals surface area contributed by atoms with Crippen molar-refractivity contribution in [2.45, 2.75) is 26.4 Å². The van der Waals surface area contributed by atoms with Crippen LogP contribution in [0.4, 0.5) is 0 Å². The van der Waals surface area contributed by atoms with Crippen molar-refractivity contribution < 1.29 is 9.47 Å². The van der Waals surface area contributed by atoms with Crippen molar-refractivity contribution in [1.29, 1.82) is 0 Å². The van der Waals surface area contributed by atoms with Gasteiger partial charge in [-0.15, -0.1) is 0 Å². The second-order valence-electron chi connectivity index (χ2n) is 5.64. The number of hydrogen-bond donors (Lipinski definition) is 2. The largest absolute Gasteiger partial charge is 0.497 e. The Bertz CT molecular complexity index is 669. The van der Waals surface area contributed by atoms with E-state index in [4.69, 9.17) is 9.47 Å². The van der Waals surface area contributed by atoms with Crippen LogP contribution in [-0.4, -0.2) is 47.6 Å². The summed E-state index contributed by atoms with van der Waals surface area (Å²) in [5, 5.41) is 10.7. The summed E-state index contributed by atoms with van der Waals surface area (Å²) in [6.07, 6.45) is 2.46. The summed E-state index contributed by atoms with van der Waals surface area (Å²) >= 11 is 0. The monoisotopic (exact) mass is 360 g/mol. The molecule has 0 atom stereocenters. The number of aryl methyl sites for hydroxylation is 1. The van der Waals surface area contributed by atoms with Crippen LogP contribution in [0, 0.1) is 0 Å². The van der Waals surface area contributed by atoms with Crippen LogP contribution < -0.4 is 15.4 Å². The molecule has 1 heterocycles. The van der Waals surface area contributed by atoms with Gasteiger partial charge >= 0.3 is 0 Å². The Labute approximate surface area is 154 Å². The lowest BCUT2D eigenvalue weighted by molar-refractivity contribution is 0.145. The Morgan fingerprint density at radius 1 is 1.23 bits per heavy atom. The quantitative estimate of drug-likeness (QED) is 0.379. The number of nitrogens with one attached hydrogen (secondary N) is 2. The van der Waals surface area contributed by atoms with Gasteiger partial charge in [0, 0.05) is 26.8 Å². The van der Waals surface area contributed by atoms with Gasteiger partial charge in [-0.25, -0.2) is 9.98 Å². The van der Waals surface area contributed by atoms with Crippen molar-refractivity contribution in [3.63, 3.8) is 0 Å². The lowest BCUT2D eigenvalue weighted by Gasteiger charge is -2.12. The van der Waals surface area contributed by atoms with E-state index in [2.05, 4.69) is 25.7 Å². The number of methoxy groups -OCH3 is 1. The van der Waals surface area contributed by atoms with E-state index >= 15 is 0 Å². The van der Waals surface area contributed by atoms with Crippen LogP contribution in [0.1, 0.15) is 24.7 Å². The number of benzene rings is 1. The van der Waals surface area contributed by atoms with Crippen molar-refractivity contribution in [2.75, 3.05) is 26.9 Å². The number of hydrogen-bond acceptors (Lipinski definition) is 5. The zero-order valence-corrected chi connectivity index (χ0v) is 15.7. The average molecular weight is 360 g/mol. The van der Waals surface area contributed by atoms with E-state index in [9.17, 15) is 0 Å². The standard InChI is InChI=1S/C18H28N6O2/c1-4-26-11-5-10-19-18(21-13-17-22-14-23-24(17)2)20-12-15-6-8-16(25-3)9-7-15/h6-9,14H,4-5,10-13H2,1-3H3,(H2,19,20,21). The molecule has 2 N–H and O–H groups in total. The van der Waals surface area contributed by atoms with Crippen LogP contribution in [-0.2, 0) is 24.9 Å². The van der Waals surface area contributed by atoms with Crippen LogP contribution >= 0.6 is 0 Å². The third kappa shape index (κ3) is 6.72. The van der Waals surface area contributed by atoms with Gasteiger partial charge in [-0.3, -0.25) is 4.68 Å². The summed E-state index contributed by atoms with van der Waals surface area (Å²) in [6.45, 7) is 5.38. The van der Waals surface area contributed by atoms with Gasteiger partial charge in [0.05, 0.1) is 20.2 Å². The second kappa shape index (κ2) is 11.1. The number of aliphatic imine (C=N–C) groups is 1. The Hall–Kier alpha value is -2.61. The number of rotatable bonds is 10. The van der Waals surface area contributed by atoms with Crippen molar-refractivity contribution in [3.05, 3.63) is 42.0 Å². The Morgan fingerprint density at radius 3 is 2.69 bits per heavy atom. The molecule has 0 fully saturated rings. The van der Waals surface area contributed by atoms with Gasteiger partial charge in [-0.05, 0) is 31.0 Å². The summed E-state index contributed by atoms with van der Waals surface area (Å²) in [4.78, 5) is 8.87. The molecule has 0 aliphatic heterocycles. The maximum atomic E-state index is 5.37. The smallest absolute Gasteiger partial charge is 0.191 e. The summed E-state index contributed by atoms with van der Waals surface area (Å²) in [6, 6.07) is 7.90. The highest BCUT2D eigenvalue weighted by molar-refractivity contribution is 5.79. The van der Waals surface area contributed by atoms with Crippen LogP contribution in [0.15, 0.2) is 35.6 Å². The van der Waals surface area contributed by atoms with Gasteiger partial charge in [0.25, 0.3) is 0 Å². The molecule has 1 aromatic heterocycles. The molecular formula is C18H28N6O2.